The van der Waals surface area contributed by atoms with Crippen LogP contribution in [-0.4, -0.2) is 7.11 Å². The number of hydrogen-bond acceptors (Lipinski definition) is 2. The Kier molecular flexibility index (Phi) is 4.74. The lowest BCUT2D eigenvalue weighted by atomic mass is 9.89. The summed E-state index contributed by atoms with van der Waals surface area (Å²) in [6.07, 6.45) is 0. The third-order valence-electron chi connectivity index (χ3n) is 4.20. The molecule has 0 aliphatic rings. The molecule has 0 bridgehead atoms. The lowest BCUT2D eigenvalue weighted by Gasteiger charge is -2.23. The highest BCUT2D eigenvalue weighted by atomic mass is 79.9. The first-order valence-corrected chi connectivity index (χ1v) is 7.83. The zero-order valence-corrected chi connectivity index (χ0v) is 14.8. The molecule has 2 nitrogen and oxygen atoms in total. The van der Waals surface area contributed by atoms with Crippen molar-refractivity contribution >= 4 is 15.9 Å². The minimum Gasteiger partial charge on any atom is -0.496 e. The first-order valence-electron chi connectivity index (χ1n) is 7.03. The van der Waals surface area contributed by atoms with Gasteiger partial charge >= 0.3 is 0 Å². The normalized spacial score (nSPS) is 12.3. The molecular formula is C18H22BrNO. The van der Waals surface area contributed by atoms with E-state index < -0.39 is 0 Å². The number of halogens is 1. The monoisotopic (exact) mass is 347 g/mol. The fraction of sp³-hybridized carbons (Fsp3) is 0.333. The Morgan fingerprint density at radius 2 is 1.71 bits per heavy atom. The number of nitrogens with two attached hydrogens (primary N) is 1. The van der Waals surface area contributed by atoms with Gasteiger partial charge < -0.3 is 10.5 Å². The second-order valence-electron chi connectivity index (χ2n) is 5.51. The van der Waals surface area contributed by atoms with E-state index in [4.69, 9.17) is 10.5 Å². The average molecular weight is 348 g/mol. The van der Waals surface area contributed by atoms with Crippen molar-refractivity contribution in [3.8, 4) is 5.75 Å². The molecule has 0 radical (unpaired) electrons. The Labute approximate surface area is 135 Å². The van der Waals surface area contributed by atoms with Gasteiger partial charge in [-0.25, -0.2) is 0 Å². The molecule has 2 aromatic carbocycles. The molecule has 1 unspecified atom stereocenters. The van der Waals surface area contributed by atoms with Crippen molar-refractivity contribution in [1.29, 1.82) is 0 Å². The van der Waals surface area contributed by atoms with Crippen molar-refractivity contribution in [1.82, 2.24) is 0 Å². The molecule has 0 spiro atoms. The van der Waals surface area contributed by atoms with Crippen molar-refractivity contribution in [3.05, 3.63) is 62.1 Å². The Morgan fingerprint density at radius 3 is 2.33 bits per heavy atom. The topological polar surface area (TPSA) is 35.2 Å². The van der Waals surface area contributed by atoms with Crippen LogP contribution in [0.1, 0.15) is 39.4 Å². The first-order chi connectivity index (χ1) is 9.88. The van der Waals surface area contributed by atoms with Gasteiger partial charge in [0, 0.05) is 10.0 Å². The molecule has 2 rings (SSSR count). The van der Waals surface area contributed by atoms with Crippen LogP contribution >= 0.6 is 15.9 Å². The maximum atomic E-state index is 6.60. The van der Waals surface area contributed by atoms with Gasteiger partial charge in [0.2, 0.25) is 0 Å². The highest BCUT2D eigenvalue weighted by molar-refractivity contribution is 9.10. The lowest BCUT2D eigenvalue weighted by molar-refractivity contribution is 0.404. The van der Waals surface area contributed by atoms with E-state index in [-0.39, 0.29) is 6.04 Å². The van der Waals surface area contributed by atoms with Crippen molar-refractivity contribution in [2.45, 2.75) is 33.7 Å². The predicted molar refractivity (Wildman–Crippen MR) is 92.1 cm³/mol. The molecule has 0 aliphatic heterocycles. The standard InChI is InChI=1S/C18H22BrNO/c1-10-7-6-8-14(12(10)3)17(20)16-13(4)15(19)9-11(2)18(16)21-5/h6-9,17H,20H2,1-5H3. The van der Waals surface area contributed by atoms with E-state index in [2.05, 4.69) is 61.0 Å². The molecule has 2 aromatic rings. The molecule has 0 saturated heterocycles. The zero-order valence-electron chi connectivity index (χ0n) is 13.3. The number of benzene rings is 2. The largest absolute Gasteiger partial charge is 0.496 e. The average Bonchev–Trinajstić information content (AvgIpc) is 2.44. The summed E-state index contributed by atoms with van der Waals surface area (Å²) in [5.74, 6) is 0.879. The van der Waals surface area contributed by atoms with E-state index in [1.807, 2.05) is 6.92 Å². The summed E-state index contributed by atoms with van der Waals surface area (Å²) in [5, 5.41) is 0. The highest BCUT2D eigenvalue weighted by Gasteiger charge is 2.21. The van der Waals surface area contributed by atoms with Gasteiger partial charge in [-0.05, 0) is 61.6 Å². The van der Waals surface area contributed by atoms with Crippen molar-refractivity contribution in [2.75, 3.05) is 7.11 Å². The van der Waals surface area contributed by atoms with E-state index in [1.54, 1.807) is 7.11 Å². The van der Waals surface area contributed by atoms with Crippen LogP contribution in [-0.2, 0) is 0 Å². The Balaban J connectivity index is 2.68. The summed E-state index contributed by atoms with van der Waals surface area (Å²) in [6.45, 7) is 8.35. The third kappa shape index (κ3) is 2.85. The molecule has 0 amide bonds. The van der Waals surface area contributed by atoms with Crippen molar-refractivity contribution < 1.29 is 4.74 Å². The van der Waals surface area contributed by atoms with Gasteiger partial charge in [0.05, 0.1) is 13.2 Å². The molecule has 0 saturated carbocycles. The summed E-state index contributed by atoms with van der Waals surface area (Å²) in [4.78, 5) is 0. The number of methoxy groups -OCH3 is 1. The Morgan fingerprint density at radius 1 is 1.05 bits per heavy atom. The third-order valence-corrected chi connectivity index (χ3v) is 5.03. The first kappa shape index (κ1) is 16.1. The summed E-state index contributed by atoms with van der Waals surface area (Å²) >= 11 is 3.62. The van der Waals surface area contributed by atoms with Crippen LogP contribution in [0.3, 0.4) is 0 Å². The van der Waals surface area contributed by atoms with Gasteiger partial charge in [0.15, 0.2) is 0 Å². The number of ether oxygens (including phenoxy) is 1. The molecule has 0 aromatic heterocycles. The predicted octanol–water partition coefficient (Wildman–Crippen LogP) is 4.74. The second-order valence-corrected chi connectivity index (χ2v) is 6.37. The van der Waals surface area contributed by atoms with Crippen LogP contribution in [0.5, 0.6) is 5.75 Å². The molecule has 0 heterocycles. The van der Waals surface area contributed by atoms with E-state index in [9.17, 15) is 0 Å². The van der Waals surface area contributed by atoms with Crippen LogP contribution in [0.25, 0.3) is 0 Å². The zero-order chi connectivity index (χ0) is 15.7. The molecular weight excluding hydrogens is 326 g/mol. The quantitative estimate of drug-likeness (QED) is 0.870. The maximum absolute atomic E-state index is 6.60. The van der Waals surface area contributed by atoms with Crippen LogP contribution in [0.2, 0.25) is 0 Å². The SMILES string of the molecule is COc1c(C)cc(Br)c(C)c1C(N)c1cccc(C)c1C. The maximum Gasteiger partial charge on any atom is 0.127 e. The Hall–Kier alpha value is -1.32. The minimum absolute atomic E-state index is 0.198. The van der Waals surface area contributed by atoms with E-state index in [1.165, 1.54) is 11.1 Å². The van der Waals surface area contributed by atoms with Crippen LogP contribution in [0.15, 0.2) is 28.7 Å². The smallest absolute Gasteiger partial charge is 0.127 e. The summed E-state index contributed by atoms with van der Waals surface area (Å²) in [7, 11) is 1.70. The summed E-state index contributed by atoms with van der Waals surface area (Å²) in [5.41, 5.74) is 13.5. The number of hydrogen-bond donors (Lipinski definition) is 1. The molecule has 2 N–H and O–H groups in total. The molecule has 0 fully saturated rings. The molecule has 1 atom stereocenters. The van der Waals surface area contributed by atoms with Gasteiger partial charge in [-0.15, -0.1) is 0 Å². The summed E-state index contributed by atoms with van der Waals surface area (Å²) < 4.78 is 6.69. The minimum atomic E-state index is -0.198. The van der Waals surface area contributed by atoms with Gasteiger partial charge in [0.1, 0.15) is 5.75 Å². The molecule has 3 heteroatoms. The number of aryl methyl sites for hydroxylation is 2. The van der Waals surface area contributed by atoms with Gasteiger partial charge in [-0.1, -0.05) is 34.1 Å². The summed E-state index contributed by atoms with van der Waals surface area (Å²) in [6, 6.07) is 8.15. The van der Waals surface area contributed by atoms with E-state index >= 15 is 0 Å². The van der Waals surface area contributed by atoms with Crippen LogP contribution in [0.4, 0.5) is 0 Å². The van der Waals surface area contributed by atoms with Crippen molar-refractivity contribution in [3.63, 3.8) is 0 Å². The van der Waals surface area contributed by atoms with E-state index in [0.717, 1.165) is 32.5 Å². The fourth-order valence-corrected chi connectivity index (χ4v) is 3.34. The highest BCUT2D eigenvalue weighted by Crippen LogP contribution is 2.38. The lowest BCUT2D eigenvalue weighted by Crippen LogP contribution is -2.17. The van der Waals surface area contributed by atoms with Crippen LogP contribution < -0.4 is 10.5 Å². The fourth-order valence-electron chi connectivity index (χ4n) is 2.79. The number of rotatable bonds is 3. The molecule has 21 heavy (non-hydrogen) atoms. The van der Waals surface area contributed by atoms with Gasteiger partial charge in [0.25, 0.3) is 0 Å². The van der Waals surface area contributed by atoms with Gasteiger partial charge in [-0.2, -0.15) is 0 Å². The second kappa shape index (κ2) is 6.20. The van der Waals surface area contributed by atoms with Crippen molar-refractivity contribution in [2.24, 2.45) is 5.73 Å². The Bertz CT molecular complexity index is 679. The molecule has 112 valence electrons. The van der Waals surface area contributed by atoms with E-state index in [0.29, 0.717) is 0 Å². The molecule has 0 aliphatic carbocycles. The van der Waals surface area contributed by atoms with Crippen LogP contribution in [0, 0.1) is 27.7 Å². The van der Waals surface area contributed by atoms with Gasteiger partial charge in [-0.3, -0.25) is 0 Å².